The third kappa shape index (κ3) is 3.74. The van der Waals surface area contributed by atoms with Crippen LogP contribution in [0.25, 0.3) is 6.08 Å². The Morgan fingerprint density at radius 1 is 1.15 bits per heavy atom. The zero-order valence-corrected chi connectivity index (χ0v) is 16.2. The Morgan fingerprint density at radius 3 is 2.42 bits per heavy atom. The van der Waals surface area contributed by atoms with Crippen molar-refractivity contribution in [1.29, 1.82) is 0 Å². The third-order valence-electron chi connectivity index (χ3n) is 5.24. The fourth-order valence-corrected chi connectivity index (χ4v) is 2.71. The lowest BCUT2D eigenvalue weighted by Crippen LogP contribution is -2.41. The van der Waals surface area contributed by atoms with Crippen molar-refractivity contribution in [2.45, 2.75) is 59.3 Å². The summed E-state index contributed by atoms with van der Waals surface area (Å²) in [7, 11) is -1.02. The molecular formula is C19H25BFN3O2. The van der Waals surface area contributed by atoms with Gasteiger partial charge < -0.3 is 9.31 Å². The second-order valence-corrected chi connectivity index (χ2v) is 7.88. The standard InChI is InChI=1S/C19H25BFN3O2/c1-13-7-8-15(9-14(13)2)11-24-12-16(22-23-24)10-17(21)20-25-18(3,4)19(5,6)26-20/h7-10,12H,11H2,1-6H3. The molecule has 1 fully saturated rings. The van der Waals surface area contributed by atoms with Gasteiger partial charge in [-0.3, -0.25) is 0 Å². The molecule has 0 unspecified atom stereocenters. The Morgan fingerprint density at radius 2 is 1.81 bits per heavy atom. The molecule has 0 saturated carbocycles. The van der Waals surface area contributed by atoms with E-state index in [1.165, 1.54) is 17.2 Å². The highest BCUT2D eigenvalue weighted by Gasteiger charge is 2.53. The quantitative estimate of drug-likeness (QED) is 0.779. The van der Waals surface area contributed by atoms with E-state index in [0.717, 1.165) is 5.56 Å². The second kappa shape index (κ2) is 6.63. The molecule has 0 radical (unpaired) electrons. The molecule has 0 aliphatic carbocycles. The number of hydrogen-bond donors (Lipinski definition) is 0. The second-order valence-electron chi connectivity index (χ2n) is 7.88. The van der Waals surface area contributed by atoms with Crippen molar-refractivity contribution in [3.8, 4) is 0 Å². The van der Waals surface area contributed by atoms with Crippen LogP contribution in [0.15, 0.2) is 30.1 Å². The number of rotatable bonds is 4. The predicted octanol–water partition coefficient (Wildman–Crippen LogP) is 3.89. The van der Waals surface area contributed by atoms with E-state index in [4.69, 9.17) is 9.31 Å². The summed E-state index contributed by atoms with van der Waals surface area (Å²) in [5, 5.41) is 8.10. The van der Waals surface area contributed by atoms with Gasteiger partial charge in [0.25, 0.3) is 0 Å². The lowest BCUT2D eigenvalue weighted by atomic mass is 9.87. The molecule has 138 valence electrons. The summed E-state index contributed by atoms with van der Waals surface area (Å²) in [6, 6.07) is 6.27. The fourth-order valence-electron chi connectivity index (χ4n) is 2.71. The number of aryl methyl sites for hydroxylation is 2. The van der Waals surface area contributed by atoms with Crippen molar-refractivity contribution in [1.82, 2.24) is 15.0 Å². The van der Waals surface area contributed by atoms with E-state index < -0.39 is 24.0 Å². The van der Waals surface area contributed by atoms with Gasteiger partial charge >= 0.3 is 7.12 Å². The van der Waals surface area contributed by atoms with Gasteiger partial charge in [-0.25, -0.2) is 9.07 Å². The average molecular weight is 357 g/mol. The monoisotopic (exact) mass is 357 g/mol. The molecular weight excluding hydrogens is 332 g/mol. The molecule has 3 rings (SSSR count). The maximum atomic E-state index is 14.5. The van der Waals surface area contributed by atoms with Gasteiger partial charge in [0.1, 0.15) is 11.4 Å². The minimum absolute atomic E-state index is 0.432. The maximum Gasteiger partial charge on any atom is 0.525 e. The predicted molar refractivity (Wildman–Crippen MR) is 100 cm³/mol. The van der Waals surface area contributed by atoms with Gasteiger partial charge in [-0.05, 0) is 64.3 Å². The number of aromatic nitrogens is 3. The van der Waals surface area contributed by atoms with Crippen LogP contribution in [-0.2, 0) is 15.9 Å². The van der Waals surface area contributed by atoms with Crippen molar-refractivity contribution in [3.63, 3.8) is 0 Å². The van der Waals surface area contributed by atoms with Crippen LogP contribution in [0.3, 0.4) is 0 Å². The fraction of sp³-hybridized carbons (Fsp3) is 0.474. The van der Waals surface area contributed by atoms with Gasteiger partial charge in [-0.2, -0.15) is 0 Å². The van der Waals surface area contributed by atoms with Crippen LogP contribution in [0, 0.1) is 13.8 Å². The van der Waals surface area contributed by atoms with E-state index in [2.05, 4.69) is 42.4 Å². The minimum Gasteiger partial charge on any atom is -0.398 e. The first kappa shape index (κ1) is 18.8. The van der Waals surface area contributed by atoms with Crippen molar-refractivity contribution >= 4 is 13.2 Å². The molecule has 0 bridgehead atoms. The number of halogens is 1. The lowest BCUT2D eigenvalue weighted by molar-refractivity contribution is 0.00578. The summed E-state index contributed by atoms with van der Waals surface area (Å²) in [5.41, 5.74) is 2.37. The molecule has 0 spiro atoms. The molecule has 1 aromatic heterocycles. The molecule has 5 nitrogen and oxygen atoms in total. The molecule has 1 saturated heterocycles. The molecule has 26 heavy (non-hydrogen) atoms. The third-order valence-corrected chi connectivity index (χ3v) is 5.24. The molecule has 0 N–H and O–H groups in total. The maximum absolute atomic E-state index is 14.5. The van der Waals surface area contributed by atoms with Crippen LogP contribution in [0.2, 0.25) is 0 Å². The largest absolute Gasteiger partial charge is 0.525 e. The first-order chi connectivity index (χ1) is 12.1. The van der Waals surface area contributed by atoms with E-state index >= 15 is 0 Å². The van der Waals surface area contributed by atoms with Crippen LogP contribution in [0.5, 0.6) is 0 Å². The molecule has 1 aromatic carbocycles. The van der Waals surface area contributed by atoms with Gasteiger partial charge in [-0.1, -0.05) is 23.4 Å². The Kier molecular flexibility index (Phi) is 4.79. The van der Waals surface area contributed by atoms with Gasteiger partial charge in [0.05, 0.1) is 23.9 Å². The van der Waals surface area contributed by atoms with Crippen LogP contribution in [0.1, 0.15) is 50.1 Å². The Hall–Kier alpha value is -1.99. The summed E-state index contributed by atoms with van der Waals surface area (Å²) in [5.74, 6) is 0. The molecule has 1 aliphatic rings. The summed E-state index contributed by atoms with van der Waals surface area (Å²) >= 11 is 0. The Bertz CT molecular complexity index is 829. The highest BCUT2D eigenvalue weighted by Crippen LogP contribution is 2.38. The zero-order chi connectivity index (χ0) is 19.1. The van der Waals surface area contributed by atoms with E-state index in [1.54, 1.807) is 10.9 Å². The number of benzene rings is 1. The molecule has 0 amide bonds. The first-order valence-corrected chi connectivity index (χ1v) is 8.76. The Labute approximate surface area is 154 Å². The number of nitrogens with zero attached hydrogens (tertiary/aromatic N) is 3. The van der Waals surface area contributed by atoms with Gasteiger partial charge in [0.15, 0.2) is 0 Å². The minimum atomic E-state index is -1.02. The highest BCUT2D eigenvalue weighted by atomic mass is 19.1. The first-order valence-electron chi connectivity index (χ1n) is 8.76. The molecule has 2 aromatic rings. The number of hydrogen-bond acceptors (Lipinski definition) is 4. The van der Waals surface area contributed by atoms with Crippen LogP contribution >= 0.6 is 0 Å². The van der Waals surface area contributed by atoms with Gasteiger partial charge in [0, 0.05) is 0 Å². The molecule has 0 atom stereocenters. The topological polar surface area (TPSA) is 49.2 Å². The Balaban J connectivity index is 1.71. The summed E-state index contributed by atoms with van der Waals surface area (Å²) < 4.78 is 27.6. The molecule has 1 aliphatic heterocycles. The summed E-state index contributed by atoms with van der Waals surface area (Å²) in [6.45, 7) is 12.3. The molecule has 2 heterocycles. The van der Waals surface area contributed by atoms with Crippen molar-refractivity contribution < 1.29 is 13.7 Å². The average Bonchev–Trinajstić information content (AvgIpc) is 3.05. The molecule has 7 heteroatoms. The van der Waals surface area contributed by atoms with E-state index in [9.17, 15) is 4.39 Å². The van der Waals surface area contributed by atoms with Gasteiger partial charge in [-0.15, -0.1) is 5.10 Å². The summed E-state index contributed by atoms with van der Waals surface area (Å²) in [4.78, 5) is 0. The van der Waals surface area contributed by atoms with E-state index in [1.807, 2.05) is 27.7 Å². The SMILES string of the molecule is Cc1ccc(Cn2cc(C=C(F)B3OC(C)(C)C(C)(C)O3)nn2)cc1C. The van der Waals surface area contributed by atoms with Crippen LogP contribution in [-0.4, -0.2) is 33.3 Å². The van der Waals surface area contributed by atoms with Crippen molar-refractivity contribution in [2.24, 2.45) is 0 Å². The van der Waals surface area contributed by atoms with Crippen LogP contribution < -0.4 is 0 Å². The van der Waals surface area contributed by atoms with E-state index in [-0.39, 0.29) is 0 Å². The smallest absolute Gasteiger partial charge is 0.398 e. The lowest BCUT2D eigenvalue weighted by Gasteiger charge is -2.32. The zero-order valence-electron chi connectivity index (χ0n) is 16.2. The van der Waals surface area contributed by atoms with Crippen LogP contribution in [0.4, 0.5) is 4.39 Å². The highest BCUT2D eigenvalue weighted by molar-refractivity contribution is 6.54. The normalized spacial score (nSPS) is 19.2. The van der Waals surface area contributed by atoms with E-state index in [0.29, 0.717) is 12.2 Å². The van der Waals surface area contributed by atoms with Crippen molar-refractivity contribution in [2.75, 3.05) is 0 Å². The van der Waals surface area contributed by atoms with Crippen molar-refractivity contribution in [3.05, 3.63) is 52.5 Å². The van der Waals surface area contributed by atoms with Gasteiger partial charge in [0.2, 0.25) is 0 Å². The summed E-state index contributed by atoms with van der Waals surface area (Å²) in [6.07, 6.45) is 3.02.